The van der Waals surface area contributed by atoms with Gasteiger partial charge in [-0.2, -0.15) is 0 Å². The molecule has 1 rings (SSSR count). The van der Waals surface area contributed by atoms with Gasteiger partial charge >= 0.3 is 8.25 Å². The molecule has 1 aliphatic heterocycles. The van der Waals surface area contributed by atoms with Gasteiger partial charge in [-0.15, -0.1) is 9.35 Å². The Bertz CT molecular complexity index is 50.7. The van der Waals surface area contributed by atoms with Crippen molar-refractivity contribution in [1.82, 2.24) is 0 Å². The van der Waals surface area contributed by atoms with E-state index in [4.69, 9.17) is 0 Å². The molecule has 4 nitrogen and oxygen atoms in total. The fourth-order valence-corrected chi connectivity index (χ4v) is 0.185. The van der Waals surface area contributed by atoms with Crippen molar-refractivity contribution in [3.63, 3.8) is 0 Å². The van der Waals surface area contributed by atoms with Gasteiger partial charge in [-0.3, -0.25) is 4.57 Å². The lowest BCUT2D eigenvalue weighted by atomic mass is 14.5. The van der Waals surface area contributed by atoms with Crippen LogP contribution >= 0.6 is 8.25 Å². The van der Waals surface area contributed by atoms with Gasteiger partial charge in [0.05, 0.1) is 0 Å². The molecule has 0 spiro atoms. The highest BCUT2D eigenvalue weighted by Crippen LogP contribution is 2.34. The largest absolute Gasteiger partial charge is 0.380 e. The van der Waals surface area contributed by atoms with Crippen molar-refractivity contribution in [2.45, 2.75) is 0 Å². The predicted molar refractivity (Wildman–Crippen MR) is 12.3 cm³/mol. The summed E-state index contributed by atoms with van der Waals surface area (Å²) in [5.74, 6) is 0. The van der Waals surface area contributed by atoms with E-state index in [2.05, 4.69) is 14.4 Å². The van der Waals surface area contributed by atoms with Gasteiger partial charge < -0.3 is 0 Å². The molecule has 5 heteroatoms. The van der Waals surface area contributed by atoms with Crippen molar-refractivity contribution in [1.29, 1.82) is 0 Å². The molecule has 0 radical (unpaired) electrons. The van der Waals surface area contributed by atoms with Crippen LogP contribution in [0.3, 0.4) is 0 Å². The Morgan fingerprint density at radius 2 is 1.80 bits per heavy atom. The Kier molecular flexibility index (Phi) is 0.704. The Hall–Kier alpha value is 0.110. The van der Waals surface area contributed by atoms with E-state index >= 15 is 0 Å². The molecule has 0 aromatic carbocycles. The number of rotatable bonds is 0. The van der Waals surface area contributed by atoms with Gasteiger partial charge in [0.15, 0.2) is 0 Å². The molecule has 30 valence electrons. The molecule has 1 heterocycles. The zero-order valence-electron chi connectivity index (χ0n) is 2.13. The van der Waals surface area contributed by atoms with E-state index in [1.54, 1.807) is 0 Å². The van der Waals surface area contributed by atoms with E-state index in [1.165, 1.54) is 0 Å². The van der Waals surface area contributed by atoms with Crippen molar-refractivity contribution in [3.8, 4) is 0 Å². The monoisotopic (exact) mass is 96.0 g/mol. The lowest BCUT2D eigenvalue weighted by Gasteiger charge is -2.05. The maximum Gasteiger partial charge on any atom is 0.380 e. The molecule has 0 N–H and O–H groups in total. The molecule has 0 aromatic heterocycles. The van der Waals surface area contributed by atoms with Crippen LogP contribution in [-0.4, -0.2) is 0 Å². The maximum absolute atomic E-state index is 9.52. The first-order valence-corrected chi connectivity index (χ1v) is 2.17. The minimum Gasteiger partial charge on any atom is -0.258 e. The minimum absolute atomic E-state index is 2.17. The summed E-state index contributed by atoms with van der Waals surface area (Å²) >= 11 is 0. The third kappa shape index (κ3) is 0.490. The van der Waals surface area contributed by atoms with Crippen LogP contribution in [0.4, 0.5) is 0 Å². The Balaban J connectivity index is 2.32. The standard InChI is InChI=1S/HO4P/c1-5-3-2-4-5/h5H. The van der Waals surface area contributed by atoms with Crippen molar-refractivity contribution in [2.24, 2.45) is 0 Å². The van der Waals surface area contributed by atoms with Gasteiger partial charge in [0, 0.05) is 0 Å². The van der Waals surface area contributed by atoms with Crippen LogP contribution in [0.1, 0.15) is 0 Å². The fourth-order valence-electron chi connectivity index (χ4n) is 0.0618. The van der Waals surface area contributed by atoms with Gasteiger partial charge in [0.2, 0.25) is 0 Å². The molecule has 0 atom stereocenters. The van der Waals surface area contributed by atoms with E-state index in [1.807, 2.05) is 0 Å². The van der Waals surface area contributed by atoms with Crippen molar-refractivity contribution < 1.29 is 19.0 Å². The van der Waals surface area contributed by atoms with Crippen molar-refractivity contribution >= 4 is 8.25 Å². The van der Waals surface area contributed by atoms with Crippen LogP contribution in [-0.2, 0) is 19.0 Å². The average Bonchev–Trinajstić information content (AvgIpc) is 1.30. The number of hydrogen-bond acceptors (Lipinski definition) is 4. The van der Waals surface area contributed by atoms with E-state index < -0.39 is 8.25 Å². The van der Waals surface area contributed by atoms with Gasteiger partial charge in [-0.25, -0.2) is 0 Å². The molecule has 0 unspecified atom stereocenters. The summed E-state index contributed by atoms with van der Waals surface area (Å²) < 4.78 is 17.0. The van der Waals surface area contributed by atoms with Crippen molar-refractivity contribution in [3.05, 3.63) is 0 Å². The Morgan fingerprint density at radius 1 is 1.40 bits per heavy atom. The first-order valence-electron chi connectivity index (χ1n) is 0.946. The van der Waals surface area contributed by atoms with E-state index in [9.17, 15) is 4.57 Å². The molecule has 0 amide bonds. The van der Waals surface area contributed by atoms with Crippen LogP contribution in [0.25, 0.3) is 0 Å². The zero-order valence-corrected chi connectivity index (χ0v) is 3.13. The second kappa shape index (κ2) is 1.06. The highest BCUT2D eigenvalue weighted by Gasteiger charge is 2.12. The summed E-state index contributed by atoms with van der Waals surface area (Å²) in [7, 11) is -2.17. The topological polar surface area (TPSA) is 44.8 Å². The maximum atomic E-state index is 9.52. The lowest BCUT2D eigenvalue weighted by molar-refractivity contribution is -0.479. The Morgan fingerprint density at radius 3 is 1.80 bits per heavy atom. The smallest absolute Gasteiger partial charge is 0.258 e. The second-order valence-electron chi connectivity index (χ2n) is 0.485. The molecule has 0 aromatic rings. The summed E-state index contributed by atoms with van der Waals surface area (Å²) in [5.41, 5.74) is 0. The second-order valence-corrected chi connectivity index (χ2v) is 1.32. The molecular formula is HO4P. The van der Waals surface area contributed by atoms with E-state index in [-0.39, 0.29) is 0 Å². The predicted octanol–water partition coefficient (Wildman–Crippen LogP) is 0.269. The van der Waals surface area contributed by atoms with E-state index in [0.717, 1.165) is 0 Å². The third-order valence-electron chi connectivity index (χ3n) is 0.204. The highest BCUT2D eigenvalue weighted by atomic mass is 31.1. The summed E-state index contributed by atoms with van der Waals surface area (Å²) in [4.78, 5) is 0. The molecule has 0 saturated carbocycles. The lowest BCUT2D eigenvalue weighted by Crippen LogP contribution is -1.93. The summed E-state index contributed by atoms with van der Waals surface area (Å²) in [5, 5.41) is 3.57. The molecule has 1 fully saturated rings. The van der Waals surface area contributed by atoms with Gasteiger partial charge in [0.1, 0.15) is 0 Å². The van der Waals surface area contributed by atoms with Crippen LogP contribution < -0.4 is 0 Å². The SMILES string of the molecule is O=[PH]1OOO1. The fraction of sp³-hybridized carbons (Fsp3) is 0. The molecular weight excluding hydrogens is 95.0 g/mol. The molecule has 1 aliphatic rings. The highest BCUT2D eigenvalue weighted by molar-refractivity contribution is 7.33. The first kappa shape index (κ1) is 3.31. The van der Waals surface area contributed by atoms with Crippen LogP contribution in [0.5, 0.6) is 0 Å². The third-order valence-corrected chi connectivity index (χ3v) is 0.612. The molecule has 5 heavy (non-hydrogen) atoms. The van der Waals surface area contributed by atoms with Crippen molar-refractivity contribution in [2.75, 3.05) is 0 Å². The van der Waals surface area contributed by atoms with E-state index in [0.29, 0.717) is 0 Å². The number of hydrogen-bond donors (Lipinski definition) is 0. The van der Waals surface area contributed by atoms with Gasteiger partial charge in [-0.1, -0.05) is 5.04 Å². The van der Waals surface area contributed by atoms with Gasteiger partial charge in [-0.05, 0) is 0 Å². The summed E-state index contributed by atoms with van der Waals surface area (Å²) in [6.45, 7) is 0. The summed E-state index contributed by atoms with van der Waals surface area (Å²) in [6.07, 6.45) is 0. The summed E-state index contributed by atoms with van der Waals surface area (Å²) in [6, 6.07) is 0. The first-order chi connectivity index (χ1) is 2.39. The molecule has 0 aliphatic carbocycles. The molecule has 0 bridgehead atoms. The normalized spacial score (nSPS) is 25.6. The van der Waals surface area contributed by atoms with Crippen LogP contribution in [0.15, 0.2) is 0 Å². The quantitative estimate of drug-likeness (QED) is 0.320. The van der Waals surface area contributed by atoms with Gasteiger partial charge in [0.25, 0.3) is 0 Å². The molecule has 1 saturated heterocycles. The average molecular weight is 96.0 g/mol. The zero-order chi connectivity index (χ0) is 3.70. The Labute approximate surface area is 28.4 Å². The minimum atomic E-state index is -2.17. The van der Waals surface area contributed by atoms with Crippen LogP contribution in [0, 0.1) is 0 Å². The van der Waals surface area contributed by atoms with Crippen LogP contribution in [0.2, 0.25) is 0 Å².